The topological polar surface area (TPSA) is 29.3 Å². The molecule has 0 amide bonds. The van der Waals surface area contributed by atoms with Gasteiger partial charge in [-0.3, -0.25) is 0 Å². The lowest BCUT2D eigenvalue weighted by atomic mass is 9.86. The van der Waals surface area contributed by atoms with Gasteiger partial charge >= 0.3 is 0 Å². The first-order valence-electron chi connectivity index (χ1n) is 3.14. The highest BCUT2D eigenvalue weighted by molar-refractivity contribution is 4.89. The molecule has 1 rings (SSSR count). The number of hydrogen-bond donors (Lipinski definition) is 1. The molecule has 0 aliphatic heterocycles. The molecule has 2 unspecified atom stereocenters. The molecule has 0 aromatic rings. The molecule has 1 saturated carbocycles. The number of rotatable bonds is 1. The van der Waals surface area contributed by atoms with Crippen LogP contribution in [-0.4, -0.2) is 31.1 Å². The van der Waals surface area contributed by atoms with Gasteiger partial charge in [-0.2, -0.15) is 0 Å². The maximum Gasteiger partial charge on any atom is 0.0241 e. The van der Waals surface area contributed by atoms with Gasteiger partial charge in [0.1, 0.15) is 0 Å². The molecule has 0 aromatic heterocycles. The highest BCUT2D eigenvalue weighted by Gasteiger charge is 2.28. The second kappa shape index (κ2) is 2.03. The lowest BCUT2D eigenvalue weighted by Crippen LogP contribution is -2.52. The van der Waals surface area contributed by atoms with Crippen molar-refractivity contribution in [1.29, 1.82) is 0 Å². The van der Waals surface area contributed by atoms with Crippen LogP contribution in [-0.2, 0) is 0 Å². The van der Waals surface area contributed by atoms with Crippen LogP contribution in [0.15, 0.2) is 0 Å². The number of likely N-dealkylation sites (N-methyl/N-ethyl adjacent to an activating group) is 1. The first-order chi connectivity index (χ1) is 3.72. The lowest BCUT2D eigenvalue weighted by molar-refractivity contribution is 0.161. The molecule has 0 spiro atoms. The van der Waals surface area contributed by atoms with Gasteiger partial charge in [0.05, 0.1) is 0 Å². The third-order valence-electron chi connectivity index (χ3n) is 1.95. The van der Waals surface area contributed by atoms with Crippen LogP contribution in [0.25, 0.3) is 0 Å². The Morgan fingerprint density at radius 1 is 1.38 bits per heavy atom. The Morgan fingerprint density at radius 3 is 2.00 bits per heavy atom. The van der Waals surface area contributed by atoms with Gasteiger partial charge in [0.25, 0.3) is 0 Å². The molecule has 1 fully saturated rings. The summed E-state index contributed by atoms with van der Waals surface area (Å²) in [5.74, 6) is 0. The maximum absolute atomic E-state index is 5.68. The molecule has 0 bridgehead atoms. The van der Waals surface area contributed by atoms with Crippen LogP contribution in [0.1, 0.15) is 12.8 Å². The van der Waals surface area contributed by atoms with Gasteiger partial charge in [-0.05, 0) is 26.9 Å². The molecule has 2 heteroatoms. The van der Waals surface area contributed by atoms with Crippen LogP contribution >= 0.6 is 0 Å². The zero-order valence-corrected chi connectivity index (χ0v) is 5.59. The molecule has 2 N–H and O–H groups in total. The van der Waals surface area contributed by atoms with E-state index in [4.69, 9.17) is 5.73 Å². The van der Waals surface area contributed by atoms with Gasteiger partial charge in [-0.15, -0.1) is 0 Å². The van der Waals surface area contributed by atoms with Gasteiger partial charge in [0.15, 0.2) is 0 Å². The molecule has 48 valence electrons. The number of nitrogens with zero attached hydrogens (tertiary/aromatic N) is 1. The molecular weight excluding hydrogens is 100 g/mol. The standard InChI is InChI=1S/C6H14N2/c1-8(2)6-4-3-5(6)7/h5-6H,3-4,7H2,1-2H3. The summed E-state index contributed by atoms with van der Waals surface area (Å²) >= 11 is 0. The molecule has 2 atom stereocenters. The summed E-state index contributed by atoms with van der Waals surface area (Å²) in [7, 11) is 4.17. The van der Waals surface area contributed by atoms with Crippen LogP contribution in [0, 0.1) is 0 Å². The quantitative estimate of drug-likeness (QED) is 0.521. The average molecular weight is 114 g/mol. The van der Waals surface area contributed by atoms with Crippen LogP contribution < -0.4 is 5.73 Å². The van der Waals surface area contributed by atoms with E-state index in [0.29, 0.717) is 12.1 Å². The fourth-order valence-corrected chi connectivity index (χ4v) is 1.15. The largest absolute Gasteiger partial charge is 0.326 e. The van der Waals surface area contributed by atoms with Crippen molar-refractivity contribution in [2.24, 2.45) is 5.73 Å². The molecule has 0 heterocycles. The fraction of sp³-hybridized carbons (Fsp3) is 1.00. The number of nitrogens with two attached hydrogens (primary N) is 1. The predicted octanol–water partition coefficient (Wildman–Crippen LogP) is 0.0377. The van der Waals surface area contributed by atoms with E-state index in [0.717, 1.165) is 0 Å². The van der Waals surface area contributed by atoms with E-state index in [1.165, 1.54) is 12.8 Å². The summed E-state index contributed by atoms with van der Waals surface area (Å²) in [6.07, 6.45) is 2.50. The first kappa shape index (κ1) is 6.05. The Balaban J connectivity index is 2.26. The Morgan fingerprint density at radius 2 is 2.00 bits per heavy atom. The summed E-state index contributed by atoms with van der Waals surface area (Å²) in [6.45, 7) is 0. The van der Waals surface area contributed by atoms with Gasteiger partial charge in [-0.1, -0.05) is 0 Å². The SMILES string of the molecule is CN(C)C1CCC1N. The Labute approximate surface area is 50.7 Å². The molecular formula is C6H14N2. The Kier molecular flexibility index (Phi) is 1.54. The monoisotopic (exact) mass is 114 g/mol. The van der Waals surface area contributed by atoms with E-state index < -0.39 is 0 Å². The molecule has 1 aliphatic rings. The summed E-state index contributed by atoms with van der Waals surface area (Å²) in [6, 6.07) is 1.11. The molecule has 2 nitrogen and oxygen atoms in total. The maximum atomic E-state index is 5.68. The highest BCUT2D eigenvalue weighted by Crippen LogP contribution is 2.20. The molecule has 8 heavy (non-hydrogen) atoms. The Hall–Kier alpha value is -0.0800. The van der Waals surface area contributed by atoms with Crippen molar-refractivity contribution in [3.8, 4) is 0 Å². The van der Waals surface area contributed by atoms with Crippen LogP contribution in [0.2, 0.25) is 0 Å². The smallest absolute Gasteiger partial charge is 0.0241 e. The predicted molar refractivity (Wildman–Crippen MR) is 34.7 cm³/mol. The van der Waals surface area contributed by atoms with Crippen molar-refractivity contribution in [3.63, 3.8) is 0 Å². The minimum Gasteiger partial charge on any atom is -0.326 e. The van der Waals surface area contributed by atoms with Gasteiger partial charge < -0.3 is 10.6 Å². The van der Waals surface area contributed by atoms with E-state index in [1.54, 1.807) is 0 Å². The Bertz CT molecular complexity index is 75.8. The van der Waals surface area contributed by atoms with Crippen molar-refractivity contribution in [2.45, 2.75) is 24.9 Å². The van der Waals surface area contributed by atoms with Gasteiger partial charge in [0, 0.05) is 12.1 Å². The van der Waals surface area contributed by atoms with Crippen molar-refractivity contribution in [3.05, 3.63) is 0 Å². The van der Waals surface area contributed by atoms with Gasteiger partial charge in [0.2, 0.25) is 0 Å². The summed E-state index contributed by atoms with van der Waals surface area (Å²) in [4.78, 5) is 2.20. The molecule has 0 aromatic carbocycles. The summed E-state index contributed by atoms with van der Waals surface area (Å²) in [5, 5.41) is 0. The van der Waals surface area contributed by atoms with Crippen molar-refractivity contribution in [1.82, 2.24) is 4.90 Å². The van der Waals surface area contributed by atoms with Crippen molar-refractivity contribution in [2.75, 3.05) is 14.1 Å². The first-order valence-corrected chi connectivity index (χ1v) is 3.14. The molecule has 0 saturated heterocycles. The highest BCUT2D eigenvalue weighted by atomic mass is 15.1. The third-order valence-corrected chi connectivity index (χ3v) is 1.95. The van der Waals surface area contributed by atoms with E-state index in [-0.39, 0.29) is 0 Å². The summed E-state index contributed by atoms with van der Waals surface area (Å²) in [5.41, 5.74) is 5.68. The van der Waals surface area contributed by atoms with E-state index in [2.05, 4.69) is 19.0 Å². The van der Waals surface area contributed by atoms with Gasteiger partial charge in [-0.25, -0.2) is 0 Å². The third kappa shape index (κ3) is 0.858. The van der Waals surface area contributed by atoms with Crippen LogP contribution in [0.4, 0.5) is 0 Å². The molecule has 1 aliphatic carbocycles. The normalized spacial score (nSPS) is 37.5. The van der Waals surface area contributed by atoms with E-state index in [9.17, 15) is 0 Å². The minimum atomic E-state index is 0.449. The number of hydrogen-bond acceptors (Lipinski definition) is 2. The lowest BCUT2D eigenvalue weighted by Gasteiger charge is -2.38. The van der Waals surface area contributed by atoms with Crippen LogP contribution in [0.5, 0.6) is 0 Å². The van der Waals surface area contributed by atoms with E-state index >= 15 is 0 Å². The second-order valence-electron chi connectivity index (χ2n) is 2.77. The van der Waals surface area contributed by atoms with Crippen LogP contribution in [0.3, 0.4) is 0 Å². The summed E-state index contributed by atoms with van der Waals surface area (Å²) < 4.78 is 0. The molecule has 0 radical (unpaired) electrons. The van der Waals surface area contributed by atoms with Crippen molar-refractivity contribution >= 4 is 0 Å². The van der Waals surface area contributed by atoms with E-state index in [1.807, 2.05) is 0 Å². The average Bonchev–Trinajstić information content (AvgIpc) is 1.61. The second-order valence-corrected chi connectivity index (χ2v) is 2.77. The fourth-order valence-electron chi connectivity index (χ4n) is 1.15. The zero-order chi connectivity index (χ0) is 6.15. The zero-order valence-electron chi connectivity index (χ0n) is 5.59. The minimum absolute atomic E-state index is 0.449. The van der Waals surface area contributed by atoms with Crippen molar-refractivity contribution < 1.29 is 0 Å².